The molecule has 3 N–H and O–H groups in total. The maximum absolute atomic E-state index is 11.6. The smallest absolute Gasteiger partial charge is 0.247 e. The third kappa shape index (κ3) is 3.15. The predicted molar refractivity (Wildman–Crippen MR) is 53.9 cm³/mol. The minimum absolute atomic E-state index is 0.0394. The zero-order valence-electron chi connectivity index (χ0n) is 8.10. The van der Waals surface area contributed by atoms with Crippen LogP contribution in [0.2, 0.25) is 0 Å². The standard InChI is InChI=1S/C8H12N2O4S/c1-6(5-11)10-15(13,14)7-2-3-8(12)9-4-7/h2-4,6,10-11H,5H2,1H3,(H,9,12)/t6-/m1/s1. The van der Waals surface area contributed by atoms with E-state index in [9.17, 15) is 13.2 Å². The number of aliphatic hydroxyl groups is 1. The van der Waals surface area contributed by atoms with Gasteiger partial charge < -0.3 is 10.1 Å². The molecule has 0 amide bonds. The first-order valence-electron chi connectivity index (χ1n) is 4.27. The van der Waals surface area contributed by atoms with Crippen LogP contribution in [-0.4, -0.2) is 31.2 Å². The maximum Gasteiger partial charge on any atom is 0.247 e. The van der Waals surface area contributed by atoms with Crippen LogP contribution in [0.15, 0.2) is 28.0 Å². The number of rotatable bonds is 4. The first-order valence-corrected chi connectivity index (χ1v) is 5.76. The zero-order valence-corrected chi connectivity index (χ0v) is 8.91. The number of aromatic nitrogens is 1. The van der Waals surface area contributed by atoms with E-state index in [1.54, 1.807) is 0 Å². The minimum atomic E-state index is -3.67. The molecule has 7 heteroatoms. The van der Waals surface area contributed by atoms with E-state index in [0.717, 1.165) is 12.3 Å². The molecule has 0 unspecified atom stereocenters. The number of hydrogen-bond donors (Lipinski definition) is 3. The predicted octanol–water partition coefficient (Wildman–Crippen LogP) is -0.966. The number of H-pyrrole nitrogens is 1. The SMILES string of the molecule is C[C@H](CO)NS(=O)(=O)c1ccc(=O)[nH]c1. The molecule has 0 saturated heterocycles. The lowest BCUT2D eigenvalue weighted by Gasteiger charge is -2.10. The Bertz CT molecular complexity index is 459. The summed E-state index contributed by atoms with van der Waals surface area (Å²) in [6.07, 6.45) is 1.11. The number of sulfonamides is 1. The van der Waals surface area contributed by atoms with Gasteiger partial charge in [0.05, 0.1) is 11.5 Å². The maximum atomic E-state index is 11.6. The summed E-state index contributed by atoms with van der Waals surface area (Å²) in [5, 5.41) is 8.70. The van der Waals surface area contributed by atoms with Crippen molar-refractivity contribution in [2.45, 2.75) is 17.9 Å². The third-order valence-electron chi connectivity index (χ3n) is 1.70. The van der Waals surface area contributed by atoms with Crippen molar-refractivity contribution >= 4 is 10.0 Å². The summed E-state index contributed by atoms with van der Waals surface area (Å²) < 4.78 is 25.4. The Morgan fingerprint density at radius 3 is 2.67 bits per heavy atom. The second-order valence-electron chi connectivity index (χ2n) is 3.09. The highest BCUT2D eigenvalue weighted by atomic mass is 32.2. The van der Waals surface area contributed by atoms with Crippen LogP contribution < -0.4 is 10.3 Å². The monoisotopic (exact) mass is 232 g/mol. The molecule has 0 radical (unpaired) electrons. The molecule has 1 atom stereocenters. The van der Waals surface area contributed by atoms with Gasteiger partial charge >= 0.3 is 0 Å². The highest BCUT2D eigenvalue weighted by Gasteiger charge is 2.16. The van der Waals surface area contributed by atoms with E-state index in [1.165, 1.54) is 13.0 Å². The molecule has 0 spiro atoms. The van der Waals surface area contributed by atoms with E-state index >= 15 is 0 Å². The van der Waals surface area contributed by atoms with Gasteiger partial charge in [0.2, 0.25) is 15.6 Å². The highest BCUT2D eigenvalue weighted by molar-refractivity contribution is 7.89. The number of aromatic amines is 1. The van der Waals surface area contributed by atoms with Gasteiger partial charge in [-0.3, -0.25) is 4.79 Å². The van der Waals surface area contributed by atoms with Gasteiger partial charge in [0.15, 0.2) is 0 Å². The Morgan fingerprint density at radius 2 is 2.20 bits per heavy atom. The van der Waals surface area contributed by atoms with Gasteiger partial charge in [-0.2, -0.15) is 0 Å². The quantitative estimate of drug-likeness (QED) is 0.622. The average molecular weight is 232 g/mol. The number of aliphatic hydroxyl groups excluding tert-OH is 1. The molecule has 84 valence electrons. The van der Waals surface area contributed by atoms with E-state index in [0.29, 0.717) is 0 Å². The summed E-state index contributed by atoms with van der Waals surface area (Å²) in [5.41, 5.74) is -0.371. The molecule has 0 aliphatic rings. The summed E-state index contributed by atoms with van der Waals surface area (Å²) in [4.78, 5) is 12.9. The normalized spacial score (nSPS) is 13.7. The lowest BCUT2D eigenvalue weighted by atomic mass is 10.4. The molecule has 6 nitrogen and oxygen atoms in total. The van der Waals surface area contributed by atoms with Gasteiger partial charge in [-0.25, -0.2) is 13.1 Å². The number of nitrogens with one attached hydrogen (secondary N) is 2. The van der Waals surface area contributed by atoms with Crippen molar-refractivity contribution in [3.8, 4) is 0 Å². The second-order valence-corrected chi connectivity index (χ2v) is 4.81. The van der Waals surface area contributed by atoms with Gasteiger partial charge in [0.25, 0.3) is 0 Å². The molecular formula is C8H12N2O4S. The van der Waals surface area contributed by atoms with Crippen molar-refractivity contribution < 1.29 is 13.5 Å². The molecule has 1 aromatic rings. The number of hydrogen-bond acceptors (Lipinski definition) is 4. The molecule has 0 saturated carbocycles. The summed E-state index contributed by atoms with van der Waals surface area (Å²) in [6, 6.07) is 1.76. The highest BCUT2D eigenvalue weighted by Crippen LogP contribution is 2.04. The lowest BCUT2D eigenvalue weighted by Crippen LogP contribution is -2.35. The van der Waals surface area contributed by atoms with Gasteiger partial charge in [-0.1, -0.05) is 0 Å². The van der Waals surface area contributed by atoms with Crippen molar-refractivity contribution in [3.05, 3.63) is 28.7 Å². The van der Waals surface area contributed by atoms with E-state index in [1.807, 2.05) is 0 Å². The van der Waals surface area contributed by atoms with Crippen LogP contribution in [0.5, 0.6) is 0 Å². The number of pyridine rings is 1. The summed E-state index contributed by atoms with van der Waals surface area (Å²) in [5.74, 6) is 0. The average Bonchev–Trinajstić information content (AvgIpc) is 2.17. The Balaban J connectivity index is 2.96. The summed E-state index contributed by atoms with van der Waals surface area (Å²) in [7, 11) is -3.67. The van der Waals surface area contributed by atoms with Crippen LogP contribution in [0, 0.1) is 0 Å². The molecular weight excluding hydrogens is 220 g/mol. The summed E-state index contributed by atoms with van der Waals surface area (Å²) in [6.45, 7) is 1.24. The first-order chi connectivity index (χ1) is 6.95. The minimum Gasteiger partial charge on any atom is -0.395 e. The van der Waals surface area contributed by atoms with Crippen LogP contribution in [0.1, 0.15) is 6.92 Å². The Labute approximate surface area is 87.0 Å². The van der Waals surface area contributed by atoms with Crippen LogP contribution in [0.3, 0.4) is 0 Å². The Kier molecular flexibility index (Phi) is 3.61. The molecule has 1 heterocycles. The fourth-order valence-corrected chi connectivity index (χ4v) is 2.14. The van der Waals surface area contributed by atoms with Crippen molar-refractivity contribution in [2.75, 3.05) is 6.61 Å². The molecule has 0 aliphatic carbocycles. The third-order valence-corrected chi connectivity index (χ3v) is 3.28. The lowest BCUT2D eigenvalue weighted by molar-refractivity contribution is 0.265. The molecule has 0 aromatic carbocycles. The van der Waals surface area contributed by atoms with Crippen LogP contribution >= 0.6 is 0 Å². The molecule has 15 heavy (non-hydrogen) atoms. The molecule has 1 aromatic heterocycles. The van der Waals surface area contributed by atoms with Gasteiger partial charge in [-0.15, -0.1) is 0 Å². The van der Waals surface area contributed by atoms with Crippen molar-refractivity contribution in [1.82, 2.24) is 9.71 Å². The Hall–Kier alpha value is -1.18. The molecule has 0 fully saturated rings. The van der Waals surface area contributed by atoms with Crippen LogP contribution in [0.25, 0.3) is 0 Å². The van der Waals surface area contributed by atoms with Crippen LogP contribution in [0.4, 0.5) is 0 Å². The van der Waals surface area contributed by atoms with Crippen molar-refractivity contribution in [1.29, 1.82) is 0 Å². The fourth-order valence-electron chi connectivity index (χ4n) is 0.934. The fraction of sp³-hybridized carbons (Fsp3) is 0.375. The van der Waals surface area contributed by atoms with Crippen molar-refractivity contribution in [2.24, 2.45) is 0 Å². The van der Waals surface area contributed by atoms with E-state index in [4.69, 9.17) is 5.11 Å². The van der Waals surface area contributed by atoms with Gasteiger partial charge in [-0.05, 0) is 13.0 Å². The molecule has 0 bridgehead atoms. The largest absolute Gasteiger partial charge is 0.395 e. The van der Waals surface area contributed by atoms with Gasteiger partial charge in [0.1, 0.15) is 0 Å². The van der Waals surface area contributed by atoms with Gasteiger partial charge in [0, 0.05) is 18.3 Å². The van der Waals surface area contributed by atoms with Crippen LogP contribution in [-0.2, 0) is 10.0 Å². The van der Waals surface area contributed by atoms with E-state index in [-0.39, 0.29) is 17.1 Å². The topological polar surface area (TPSA) is 99.3 Å². The second kappa shape index (κ2) is 4.56. The first kappa shape index (κ1) is 11.9. The molecule has 1 rings (SSSR count). The van der Waals surface area contributed by atoms with E-state index in [2.05, 4.69) is 9.71 Å². The summed E-state index contributed by atoms with van der Waals surface area (Å²) >= 11 is 0. The molecule has 0 aliphatic heterocycles. The zero-order chi connectivity index (χ0) is 11.5. The van der Waals surface area contributed by atoms with Crippen molar-refractivity contribution in [3.63, 3.8) is 0 Å². The Morgan fingerprint density at radius 1 is 1.53 bits per heavy atom. The van der Waals surface area contributed by atoms with E-state index < -0.39 is 16.1 Å².